The average molecular weight is 577 g/mol. The van der Waals surface area contributed by atoms with Gasteiger partial charge in [0, 0.05) is 25.4 Å². The summed E-state index contributed by atoms with van der Waals surface area (Å²) in [5, 5.41) is 11.3. The van der Waals surface area contributed by atoms with E-state index >= 15 is 4.39 Å². The molecule has 3 atom stereocenters. The van der Waals surface area contributed by atoms with Crippen molar-refractivity contribution in [3.05, 3.63) is 82.7 Å². The molecule has 2 aromatic carbocycles. The van der Waals surface area contributed by atoms with Gasteiger partial charge in [0.05, 0.1) is 12.1 Å². The normalized spacial score (nSPS) is 23.5. The second kappa shape index (κ2) is 11.9. The van der Waals surface area contributed by atoms with E-state index in [-0.39, 0.29) is 67.3 Å². The smallest absolute Gasteiger partial charge is 0.280 e. The largest absolute Gasteiger partial charge is 0.437 e. The van der Waals surface area contributed by atoms with Crippen LogP contribution in [0, 0.1) is 23.6 Å². The number of amides is 1. The van der Waals surface area contributed by atoms with E-state index in [1.54, 1.807) is 11.8 Å². The molecule has 1 saturated carbocycles. The van der Waals surface area contributed by atoms with Crippen molar-refractivity contribution in [1.29, 1.82) is 0 Å². The first-order valence-corrected chi connectivity index (χ1v) is 14.1. The van der Waals surface area contributed by atoms with Gasteiger partial charge in [-0.2, -0.15) is 0 Å². The van der Waals surface area contributed by atoms with Gasteiger partial charge in [-0.15, -0.1) is 5.92 Å². The quantitative estimate of drug-likeness (QED) is 0.421. The Labute approximate surface area is 243 Å². The van der Waals surface area contributed by atoms with Crippen molar-refractivity contribution < 1.29 is 23.4 Å². The minimum atomic E-state index is -1.63. The molecule has 5 rings (SSSR count). The van der Waals surface area contributed by atoms with Crippen molar-refractivity contribution in [3.8, 4) is 23.5 Å². The summed E-state index contributed by atoms with van der Waals surface area (Å²) in [5.74, 6) is 4.41. The lowest BCUT2D eigenvalue weighted by Gasteiger charge is -2.43. The topological polar surface area (TPSA) is 111 Å². The molecule has 0 bridgehead atoms. The van der Waals surface area contributed by atoms with Crippen LogP contribution in [0.3, 0.4) is 0 Å². The number of nitrogens with two attached hydrogens (primary N) is 1. The molecule has 2 aliphatic rings. The molecule has 0 radical (unpaired) electrons. The van der Waals surface area contributed by atoms with Crippen molar-refractivity contribution in [3.63, 3.8) is 0 Å². The minimum absolute atomic E-state index is 0.0530. The van der Waals surface area contributed by atoms with Crippen molar-refractivity contribution in [2.24, 2.45) is 5.92 Å². The molecule has 2 fully saturated rings. The van der Waals surface area contributed by atoms with E-state index in [1.165, 1.54) is 35.2 Å². The highest BCUT2D eigenvalue weighted by atomic mass is 19.1. The van der Waals surface area contributed by atoms with Crippen LogP contribution in [0.5, 0.6) is 11.6 Å². The lowest BCUT2D eigenvalue weighted by Crippen LogP contribution is -2.52. The number of piperidine rings is 1. The Morgan fingerprint density at radius 3 is 2.50 bits per heavy atom. The number of aliphatic hydroxyl groups is 1. The Bertz CT molecular complexity index is 1540. The number of carbonyl (C=O) groups is 1. The number of nitrogens with zero attached hydrogens (tertiary/aromatic N) is 3. The van der Waals surface area contributed by atoms with Crippen LogP contribution in [-0.2, 0) is 11.3 Å². The lowest BCUT2D eigenvalue weighted by atomic mass is 9.69. The van der Waals surface area contributed by atoms with Gasteiger partial charge in [-0.25, -0.2) is 13.8 Å². The maximum absolute atomic E-state index is 15.5. The zero-order chi connectivity index (χ0) is 29.9. The average Bonchev–Trinajstić information content (AvgIpc) is 2.98. The first-order valence-electron chi connectivity index (χ1n) is 14.1. The zero-order valence-corrected chi connectivity index (χ0v) is 23.4. The summed E-state index contributed by atoms with van der Waals surface area (Å²) in [6, 6.07) is 14.7. The van der Waals surface area contributed by atoms with Gasteiger partial charge in [-0.3, -0.25) is 14.2 Å². The van der Waals surface area contributed by atoms with Gasteiger partial charge >= 0.3 is 0 Å². The molecule has 8 nitrogen and oxygen atoms in total. The number of hydrogen-bond donors (Lipinski definition) is 2. The van der Waals surface area contributed by atoms with Gasteiger partial charge in [0.25, 0.3) is 5.56 Å². The second-order valence-corrected chi connectivity index (χ2v) is 11.2. The molecule has 3 N–H and O–H groups in total. The van der Waals surface area contributed by atoms with Crippen molar-refractivity contribution in [2.45, 2.75) is 62.8 Å². The van der Waals surface area contributed by atoms with E-state index in [4.69, 9.17) is 10.5 Å². The molecule has 1 aliphatic carbocycles. The summed E-state index contributed by atoms with van der Waals surface area (Å²) in [6.07, 6.45) is 2.48. The number of carbonyl (C=O) groups excluding carboxylic acids is 1. The van der Waals surface area contributed by atoms with Crippen molar-refractivity contribution >= 4 is 11.6 Å². The summed E-state index contributed by atoms with van der Waals surface area (Å²) in [7, 11) is 0. The summed E-state index contributed by atoms with van der Waals surface area (Å²) in [5.41, 5.74) is 3.20. The third kappa shape index (κ3) is 6.31. The van der Waals surface area contributed by atoms with E-state index < -0.39 is 22.6 Å². The van der Waals surface area contributed by atoms with Crippen LogP contribution in [0.25, 0.3) is 0 Å². The Morgan fingerprint density at radius 1 is 1.14 bits per heavy atom. The predicted molar refractivity (Wildman–Crippen MR) is 154 cm³/mol. The molecular weight excluding hydrogens is 542 g/mol. The fourth-order valence-electron chi connectivity index (χ4n) is 6.01. The van der Waals surface area contributed by atoms with Crippen LogP contribution in [0.1, 0.15) is 50.5 Å². The Balaban J connectivity index is 1.25. The van der Waals surface area contributed by atoms with Crippen LogP contribution >= 0.6 is 0 Å². The zero-order valence-electron chi connectivity index (χ0n) is 23.4. The molecule has 3 aromatic rings. The number of anilines is 1. The molecule has 10 heteroatoms. The highest BCUT2D eigenvalue weighted by Gasteiger charge is 2.46. The Hall–Kier alpha value is -4.23. The van der Waals surface area contributed by atoms with Crippen LogP contribution in [0.2, 0.25) is 0 Å². The van der Waals surface area contributed by atoms with Crippen LogP contribution in [-0.4, -0.2) is 49.8 Å². The Morgan fingerprint density at radius 2 is 1.83 bits per heavy atom. The van der Waals surface area contributed by atoms with Gasteiger partial charge in [0.2, 0.25) is 11.8 Å². The number of rotatable bonds is 6. The van der Waals surface area contributed by atoms with E-state index in [0.29, 0.717) is 19.5 Å². The summed E-state index contributed by atoms with van der Waals surface area (Å²) in [6.45, 7) is 2.16. The van der Waals surface area contributed by atoms with Gasteiger partial charge < -0.3 is 20.5 Å². The maximum atomic E-state index is 15.5. The molecule has 1 unspecified atom stereocenters. The molecule has 2 heterocycles. The summed E-state index contributed by atoms with van der Waals surface area (Å²) < 4.78 is 35.4. The standard InChI is InChI=1S/C32H34F2N4O4/c1-2-13-31(34)14-12-25(26(19-31)22-6-4-3-5-7-22)29(39)37-17-15-32(41,16-18-37)20-38-21-36-28(27(35)30(38)40)42-24-10-8-23(33)9-11-24/h3-11,21,25-26,41H,12,14-20,35H2,1H3/t25-,26+,31?/m1/s1. The number of nitrogen functional groups attached to an aromatic ring is 1. The van der Waals surface area contributed by atoms with Gasteiger partial charge in [-0.1, -0.05) is 36.3 Å². The van der Waals surface area contributed by atoms with E-state index in [2.05, 4.69) is 16.8 Å². The first kappa shape index (κ1) is 29.3. The number of hydrogen-bond acceptors (Lipinski definition) is 6. The second-order valence-electron chi connectivity index (χ2n) is 11.2. The van der Waals surface area contributed by atoms with Gasteiger partial charge in [0.15, 0.2) is 11.4 Å². The number of aromatic nitrogens is 2. The first-order chi connectivity index (χ1) is 20.1. The van der Waals surface area contributed by atoms with Crippen molar-refractivity contribution in [1.82, 2.24) is 14.5 Å². The van der Waals surface area contributed by atoms with E-state index in [1.807, 2.05) is 30.3 Å². The molecule has 1 saturated heterocycles. The molecule has 1 aromatic heterocycles. The fraction of sp³-hybridized carbons (Fsp3) is 0.406. The number of alkyl halides is 1. The predicted octanol–water partition coefficient (Wildman–Crippen LogP) is 4.43. The van der Waals surface area contributed by atoms with Gasteiger partial charge in [-0.05, 0) is 68.4 Å². The number of benzene rings is 2. The van der Waals surface area contributed by atoms with Crippen molar-refractivity contribution in [2.75, 3.05) is 18.8 Å². The molecule has 0 spiro atoms. The van der Waals surface area contributed by atoms with Gasteiger partial charge in [0.1, 0.15) is 17.9 Å². The molecule has 42 heavy (non-hydrogen) atoms. The molecule has 1 amide bonds. The highest BCUT2D eigenvalue weighted by Crippen LogP contribution is 2.45. The highest BCUT2D eigenvalue weighted by molar-refractivity contribution is 5.80. The number of likely N-dealkylation sites (tertiary alicyclic amines) is 1. The number of ether oxygens (including phenoxy) is 1. The van der Waals surface area contributed by atoms with E-state index in [9.17, 15) is 19.1 Å². The van der Waals surface area contributed by atoms with Crippen LogP contribution in [0.15, 0.2) is 65.7 Å². The van der Waals surface area contributed by atoms with Crippen LogP contribution in [0.4, 0.5) is 14.5 Å². The molecular formula is C32H34F2N4O4. The van der Waals surface area contributed by atoms with Crippen LogP contribution < -0.4 is 16.0 Å². The Kier molecular flexibility index (Phi) is 8.32. The lowest BCUT2D eigenvalue weighted by molar-refractivity contribution is -0.142. The molecule has 220 valence electrons. The summed E-state index contributed by atoms with van der Waals surface area (Å²) >= 11 is 0. The maximum Gasteiger partial charge on any atom is 0.280 e. The third-order valence-electron chi connectivity index (χ3n) is 8.31. The minimum Gasteiger partial charge on any atom is -0.437 e. The summed E-state index contributed by atoms with van der Waals surface area (Å²) in [4.78, 5) is 32.6. The van der Waals surface area contributed by atoms with E-state index in [0.717, 1.165) is 5.56 Å². The molecule has 1 aliphatic heterocycles. The number of halogens is 2. The SMILES string of the molecule is CC#CC1(F)CC[C@@H](C(=O)N2CCC(O)(Cn3cnc(Oc4ccc(F)cc4)c(N)c3=O)CC2)[C@H](c2ccccc2)C1. The monoisotopic (exact) mass is 576 g/mol. The third-order valence-corrected chi connectivity index (χ3v) is 8.31. The fourth-order valence-corrected chi connectivity index (χ4v) is 6.01.